The first-order valence-electron chi connectivity index (χ1n) is 4.39. The minimum Gasteiger partial charge on any atom is -0.371 e. The quantitative estimate of drug-likeness (QED) is 0.782. The summed E-state index contributed by atoms with van der Waals surface area (Å²) < 4.78 is 17.7. The highest BCUT2D eigenvalue weighted by Gasteiger charge is 2.01. The van der Waals surface area contributed by atoms with Gasteiger partial charge < -0.3 is 10.5 Å². The average molecular weight is 232 g/mol. The maximum absolute atomic E-state index is 12.8. The van der Waals surface area contributed by atoms with Crippen molar-refractivity contribution in [2.75, 3.05) is 13.2 Å². The molecule has 0 atom stereocenters. The van der Waals surface area contributed by atoms with E-state index in [1.54, 1.807) is 6.07 Å². The zero-order chi connectivity index (χ0) is 11.3. The van der Waals surface area contributed by atoms with E-state index in [4.69, 9.17) is 22.1 Å². The van der Waals surface area contributed by atoms with Gasteiger partial charge in [0.1, 0.15) is 12.4 Å². The van der Waals surface area contributed by atoms with E-state index in [-0.39, 0.29) is 11.6 Å². The predicted molar refractivity (Wildman–Crippen MR) is 55.1 cm³/mol. The zero-order valence-electron chi connectivity index (χ0n) is 8.00. The van der Waals surface area contributed by atoms with E-state index in [0.29, 0.717) is 13.0 Å². The molecule has 0 aromatic heterocycles. The minimum absolute atomic E-state index is 0.0856. The van der Waals surface area contributed by atoms with Gasteiger partial charge in [-0.2, -0.15) is 0 Å². The molecule has 0 fully saturated rings. The topological polar surface area (TPSA) is 52.3 Å². The summed E-state index contributed by atoms with van der Waals surface area (Å²) in [5.41, 5.74) is 5.73. The first-order valence-corrected chi connectivity index (χ1v) is 4.77. The molecular weight excluding hydrogens is 221 g/mol. The molecule has 0 radical (unpaired) electrons. The van der Waals surface area contributed by atoms with Crippen LogP contribution in [0.15, 0.2) is 18.2 Å². The van der Waals surface area contributed by atoms with E-state index in [9.17, 15) is 9.18 Å². The largest absolute Gasteiger partial charge is 0.371 e. The lowest BCUT2D eigenvalue weighted by atomic mass is 10.1. The van der Waals surface area contributed by atoms with Crippen LogP contribution in [-0.4, -0.2) is 19.1 Å². The lowest BCUT2D eigenvalue weighted by Gasteiger charge is -2.03. The Labute approximate surface area is 92.0 Å². The molecule has 1 aromatic rings. The monoisotopic (exact) mass is 231 g/mol. The van der Waals surface area contributed by atoms with E-state index in [1.165, 1.54) is 12.1 Å². The van der Waals surface area contributed by atoms with Crippen LogP contribution in [-0.2, 0) is 16.0 Å². The molecule has 82 valence electrons. The number of rotatable bonds is 5. The summed E-state index contributed by atoms with van der Waals surface area (Å²) in [6, 6.07) is 4.45. The van der Waals surface area contributed by atoms with Crippen molar-refractivity contribution in [1.82, 2.24) is 0 Å². The van der Waals surface area contributed by atoms with Crippen LogP contribution in [0.5, 0.6) is 0 Å². The summed E-state index contributed by atoms with van der Waals surface area (Å²) in [7, 11) is 0. The Bertz CT molecular complexity index is 357. The molecule has 0 unspecified atom stereocenters. The molecule has 1 rings (SSSR count). The number of halogens is 2. The van der Waals surface area contributed by atoms with Gasteiger partial charge in [0.05, 0.1) is 11.6 Å². The molecule has 0 aliphatic heterocycles. The van der Waals surface area contributed by atoms with E-state index < -0.39 is 11.7 Å². The maximum atomic E-state index is 12.8. The SMILES string of the molecule is NC(=O)COCCc1ccc(F)c(Cl)c1. The third-order valence-electron chi connectivity index (χ3n) is 1.76. The van der Waals surface area contributed by atoms with Crippen LogP contribution in [0.4, 0.5) is 4.39 Å². The summed E-state index contributed by atoms with van der Waals surface area (Å²) in [4.78, 5) is 10.3. The van der Waals surface area contributed by atoms with Crippen molar-refractivity contribution in [2.24, 2.45) is 5.73 Å². The lowest BCUT2D eigenvalue weighted by molar-refractivity contribution is -0.122. The van der Waals surface area contributed by atoms with E-state index in [0.717, 1.165) is 5.56 Å². The molecular formula is C10H11ClFNO2. The van der Waals surface area contributed by atoms with Crippen molar-refractivity contribution >= 4 is 17.5 Å². The number of carbonyl (C=O) groups excluding carboxylic acids is 1. The van der Waals surface area contributed by atoms with Crippen LogP contribution in [0, 0.1) is 5.82 Å². The average Bonchev–Trinajstić information content (AvgIpc) is 2.18. The van der Waals surface area contributed by atoms with Crippen molar-refractivity contribution in [3.8, 4) is 0 Å². The highest BCUT2D eigenvalue weighted by atomic mass is 35.5. The van der Waals surface area contributed by atoms with Crippen LogP contribution >= 0.6 is 11.6 Å². The first kappa shape index (κ1) is 11.9. The zero-order valence-corrected chi connectivity index (χ0v) is 8.76. The molecule has 0 saturated carbocycles. The Morgan fingerprint density at radius 3 is 2.87 bits per heavy atom. The molecule has 1 aromatic carbocycles. The molecule has 0 bridgehead atoms. The molecule has 0 spiro atoms. The van der Waals surface area contributed by atoms with Crippen molar-refractivity contribution in [3.05, 3.63) is 34.6 Å². The number of amides is 1. The summed E-state index contributed by atoms with van der Waals surface area (Å²) in [5, 5.41) is 0.0856. The van der Waals surface area contributed by atoms with Gasteiger partial charge in [0.2, 0.25) is 5.91 Å². The van der Waals surface area contributed by atoms with Gasteiger partial charge in [-0.1, -0.05) is 17.7 Å². The van der Waals surface area contributed by atoms with Crippen LogP contribution in [0.3, 0.4) is 0 Å². The van der Waals surface area contributed by atoms with Crippen molar-refractivity contribution in [2.45, 2.75) is 6.42 Å². The van der Waals surface area contributed by atoms with Crippen LogP contribution in [0.25, 0.3) is 0 Å². The Morgan fingerprint density at radius 1 is 1.53 bits per heavy atom. The lowest BCUT2D eigenvalue weighted by Crippen LogP contribution is -2.18. The molecule has 2 N–H and O–H groups in total. The molecule has 3 nitrogen and oxygen atoms in total. The second-order valence-electron chi connectivity index (χ2n) is 3.02. The second kappa shape index (κ2) is 5.68. The standard InChI is InChI=1S/C10H11ClFNO2/c11-8-5-7(1-2-9(8)12)3-4-15-6-10(13)14/h1-2,5H,3-4,6H2,(H2,13,14). The summed E-state index contributed by atoms with van der Waals surface area (Å²) in [6.07, 6.45) is 0.563. The van der Waals surface area contributed by atoms with Gasteiger partial charge in [0, 0.05) is 0 Å². The fourth-order valence-electron chi connectivity index (χ4n) is 1.06. The first-order chi connectivity index (χ1) is 7.09. The number of benzene rings is 1. The second-order valence-corrected chi connectivity index (χ2v) is 3.42. The van der Waals surface area contributed by atoms with Crippen LogP contribution < -0.4 is 5.73 Å². The van der Waals surface area contributed by atoms with Gasteiger partial charge in [0.15, 0.2) is 0 Å². The number of primary amides is 1. The van der Waals surface area contributed by atoms with Gasteiger partial charge in [-0.3, -0.25) is 4.79 Å². The summed E-state index contributed by atoms with van der Waals surface area (Å²) in [5.74, 6) is -0.953. The summed E-state index contributed by atoms with van der Waals surface area (Å²) >= 11 is 5.59. The highest BCUT2D eigenvalue weighted by molar-refractivity contribution is 6.30. The molecule has 1 amide bonds. The normalized spacial score (nSPS) is 10.3. The Balaban J connectivity index is 2.38. The Hall–Kier alpha value is -1.13. The molecule has 0 heterocycles. The number of carbonyl (C=O) groups is 1. The fourth-order valence-corrected chi connectivity index (χ4v) is 1.26. The van der Waals surface area contributed by atoms with E-state index in [1.807, 2.05) is 0 Å². The fraction of sp³-hybridized carbons (Fsp3) is 0.300. The maximum Gasteiger partial charge on any atom is 0.243 e. The molecule has 0 aliphatic rings. The molecule has 0 saturated heterocycles. The van der Waals surface area contributed by atoms with E-state index in [2.05, 4.69) is 0 Å². The summed E-state index contributed by atoms with van der Waals surface area (Å²) in [6.45, 7) is 0.250. The number of nitrogens with two attached hydrogens (primary N) is 1. The van der Waals surface area contributed by atoms with E-state index >= 15 is 0 Å². The number of ether oxygens (including phenoxy) is 1. The Morgan fingerprint density at radius 2 is 2.27 bits per heavy atom. The smallest absolute Gasteiger partial charge is 0.243 e. The van der Waals surface area contributed by atoms with Crippen LogP contribution in [0.2, 0.25) is 5.02 Å². The third-order valence-corrected chi connectivity index (χ3v) is 2.05. The third kappa shape index (κ3) is 4.27. The van der Waals surface area contributed by atoms with Gasteiger partial charge in [-0.15, -0.1) is 0 Å². The highest BCUT2D eigenvalue weighted by Crippen LogP contribution is 2.16. The number of hydrogen-bond acceptors (Lipinski definition) is 2. The van der Waals surface area contributed by atoms with Crippen molar-refractivity contribution in [3.63, 3.8) is 0 Å². The molecule has 15 heavy (non-hydrogen) atoms. The molecule has 5 heteroatoms. The molecule has 0 aliphatic carbocycles. The van der Waals surface area contributed by atoms with Crippen LogP contribution in [0.1, 0.15) is 5.56 Å². The van der Waals surface area contributed by atoms with Gasteiger partial charge in [-0.25, -0.2) is 4.39 Å². The van der Waals surface area contributed by atoms with Crippen molar-refractivity contribution < 1.29 is 13.9 Å². The van der Waals surface area contributed by atoms with Crippen molar-refractivity contribution in [1.29, 1.82) is 0 Å². The predicted octanol–water partition coefficient (Wildman–Crippen LogP) is 1.52. The van der Waals surface area contributed by atoms with Gasteiger partial charge in [0.25, 0.3) is 0 Å². The number of hydrogen-bond donors (Lipinski definition) is 1. The van der Waals surface area contributed by atoms with Gasteiger partial charge >= 0.3 is 0 Å². The van der Waals surface area contributed by atoms with Gasteiger partial charge in [-0.05, 0) is 24.1 Å². The Kier molecular flexibility index (Phi) is 4.52. The minimum atomic E-state index is -0.507.